The van der Waals surface area contributed by atoms with Crippen molar-refractivity contribution in [3.05, 3.63) is 54.1 Å². The maximum atomic E-state index is 13.9. The molecule has 1 aliphatic carbocycles. The predicted molar refractivity (Wildman–Crippen MR) is 146 cm³/mol. The van der Waals surface area contributed by atoms with Crippen LogP contribution in [0, 0.1) is 0 Å². The Morgan fingerprint density at radius 2 is 1.39 bits per heavy atom. The van der Waals surface area contributed by atoms with Crippen LogP contribution in [0.3, 0.4) is 0 Å². The summed E-state index contributed by atoms with van der Waals surface area (Å²) >= 11 is 0. The minimum Gasteiger partial charge on any atom is -0.494 e. The molecule has 0 radical (unpaired) electrons. The number of halogens is 1. The van der Waals surface area contributed by atoms with Crippen LogP contribution in [-0.4, -0.2) is 24.9 Å². The van der Waals surface area contributed by atoms with Gasteiger partial charge in [0.15, 0.2) is 6.17 Å². The van der Waals surface area contributed by atoms with E-state index in [1.165, 1.54) is 48.8 Å². The molecule has 2 aromatic carbocycles. The van der Waals surface area contributed by atoms with Gasteiger partial charge in [-0.3, -0.25) is 0 Å². The quantitative estimate of drug-likeness (QED) is 0.182. The minimum atomic E-state index is -1.48. The second-order valence-electron chi connectivity index (χ2n) is 10.3. The molecule has 0 spiro atoms. The number of carbonyl (C=O) groups excluding carboxylic acids is 1. The van der Waals surface area contributed by atoms with Crippen LogP contribution in [0.4, 0.5) is 4.39 Å². The molecule has 0 N–H and O–H groups in total. The van der Waals surface area contributed by atoms with Crippen molar-refractivity contribution >= 4 is 5.97 Å². The highest BCUT2D eigenvalue weighted by molar-refractivity contribution is 5.74. The summed E-state index contributed by atoms with van der Waals surface area (Å²) in [5, 5.41) is 0. The Morgan fingerprint density at radius 3 is 2.03 bits per heavy atom. The molecule has 198 valence electrons. The number of alkyl halides is 1. The SMILES string of the molecule is CCCCCCCCOc1ccc(-c2ccc([C@H]3CC[C@H](OC(=O)[C@@H](F)CCCC)CC3)cc2)cc1. The smallest absolute Gasteiger partial charge is 0.340 e. The summed E-state index contributed by atoms with van der Waals surface area (Å²) in [5.74, 6) is 0.730. The first-order valence-corrected chi connectivity index (χ1v) is 14.3. The number of esters is 1. The molecule has 1 aliphatic rings. The molecule has 0 aliphatic heterocycles. The molecule has 3 nitrogen and oxygen atoms in total. The third-order valence-corrected chi connectivity index (χ3v) is 7.36. The van der Waals surface area contributed by atoms with E-state index < -0.39 is 12.1 Å². The van der Waals surface area contributed by atoms with E-state index in [0.29, 0.717) is 5.92 Å². The van der Waals surface area contributed by atoms with E-state index in [4.69, 9.17) is 9.47 Å². The monoisotopic (exact) mass is 496 g/mol. The fourth-order valence-corrected chi connectivity index (χ4v) is 5.02. The summed E-state index contributed by atoms with van der Waals surface area (Å²) in [6.07, 6.45) is 11.4. The van der Waals surface area contributed by atoms with E-state index in [2.05, 4.69) is 55.5 Å². The maximum Gasteiger partial charge on any atom is 0.340 e. The molecule has 36 heavy (non-hydrogen) atoms. The van der Waals surface area contributed by atoms with Gasteiger partial charge in [0.2, 0.25) is 0 Å². The van der Waals surface area contributed by atoms with E-state index in [-0.39, 0.29) is 12.5 Å². The minimum absolute atomic E-state index is 0.144. The molecule has 0 aromatic heterocycles. The predicted octanol–water partition coefficient (Wildman–Crippen LogP) is 9.19. The van der Waals surface area contributed by atoms with Crippen molar-refractivity contribution in [3.63, 3.8) is 0 Å². The van der Waals surface area contributed by atoms with Crippen LogP contribution in [0.15, 0.2) is 48.5 Å². The summed E-state index contributed by atoms with van der Waals surface area (Å²) in [6.45, 7) is 5.03. The zero-order valence-electron chi connectivity index (χ0n) is 22.4. The molecule has 3 rings (SSSR count). The average Bonchev–Trinajstić information content (AvgIpc) is 2.92. The van der Waals surface area contributed by atoms with Crippen molar-refractivity contribution in [1.29, 1.82) is 0 Å². The molecule has 1 atom stereocenters. The van der Waals surface area contributed by atoms with Gasteiger partial charge < -0.3 is 9.47 Å². The van der Waals surface area contributed by atoms with E-state index in [1.54, 1.807) is 0 Å². The zero-order valence-corrected chi connectivity index (χ0v) is 22.4. The van der Waals surface area contributed by atoms with Gasteiger partial charge in [-0.25, -0.2) is 9.18 Å². The fraction of sp³-hybridized carbons (Fsp3) is 0.594. The summed E-state index contributed by atoms with van der Waals surface area (Å²) in [5.41, 5.74) is 3.71. The van der Waals surface area contributed by atoms with Gasteiger partial charge in [0.1, 0.15) is 11.9 Å². The molecule has 0 unspecified atom stereocenters. The second kappa shape index (κ2) is 15.7. The lowest BCUT2D eigenvalue weighted by atomic mass is 9.82. The Morgan fingerprint density at radius 1 is 0.806 bits per heavy atom. The lowest BCUT2D eigenvalue weighted by Crippen LogP contribution is -2.28. The number of carbonyl (C=O) groups is 1. The van der Waals surface area contributed by atoms with Gasteiger partial charge in [-0.1, -0.05) is 95.2 Å². The van der Waals surface area contributed by atoms with Gasteiger partial charge in [0, 0.05) is 0 Å². The number of rotatable bonds is 15. The molecule has 0 saturated heterocycles. The number of benzene rings is 2. The van der Waals surface area contributed by atoms with Crippen LogP contribution >= 0.6 is 0 Å². The number of ether oxygens (including phenoxy) is 2. The van der Waals surface area contributed by atoms with E-state index in [9.17, 15) is 9.18 Å². The van der Waals surface area contributed by atoms with Crippen molar-refractivity contribution in [3.8, 4) is 16.9 Å². The van der Waals surface area contributed by atoms with Crippen molar-refractivity contribution in [2.75, 3.05) is 6.61 Å². The highest BCUT2D eigenvalue weighted by Gasteiger charge is 2.27. The Bertz CT molecular complexity index is 869. The first kappa shape index (κ1) is 28.2. The summed E-state index contributed by atoms with van der Waals surface area (Å²) < 4.78 is 25.3. The Hall–Kier alpha value is -2.36. The molecule has 2 aromatic rings. The van der Waals surface area contributed by atoms with Gasteiger partial charge in [-0.2, -0.15) is 0 Å². The number of hydrogen-bond donors (Lipinski definition) is 0. The van der Waals surface area contributed by atoms with E-state index in [0.717, 1.165) is 57.3 Å². The van der Waals surface area contributed by atoms with Gasteiger partial charge >= 0.3 is 5.97 Å². The highest BCUT2D eigenvalue weighted by Crippen LogP contribution is 2.35. The van der Waals surface area contributed by atoms with Crippen LogP contribution in [0.25, 0.3) is 11.1 Å². The topological polar surface area (TPSA) is 35.5 Å². The van der Waals surface area contributed by atoms with Crippen molar-refractivity contribution in [1.82, 2.24) is 0 Å². The van der Waals surface area contributed by atoms with Crippen LogP contribution in [0.5, 0.6) is 5.75 Å². The van der Waals surface area contributed by atoms with Crippen LogP contribution < -0.4 is 4.74 Å². The molecule has 0 amide bonds. The first-order valence-electron chi connectivity index (χ1n) is 14.3. The molecule has 0 bridgehead atoms. The normalized spacial score (nSPS) is 18.5. The van der Waals surface area contributed by atoms with Gasteiger partial charge in [0.05, 0.1) is 6.61 Å². The summed E-state index contributed by atoms with van der Waals surface area (Å²) in [7, 11) is 0. The summed E-state index contributed by atoms with van der Waals surface area (Å²) in [4.78, 5) is 12.0. The van der Waals surface area contributed by atoms with Crippen molar-refractivity contribution < 1.29 is 18.7 Å². The van der Waals surface area contributed by atoms with E-state index >= 15 is 0 Å². The van der Waals surface area contributed by atoms with Gasteiger partial charge in [-0.05, 0) is 73.3 Å². The fourth-order valence-electron chi connectivity index (χ4n) is 5.02. The van der Waals surface area contributed by atoms with E-state index in [1.807, 2.05) is 6.92 Å². The molecule has 4 heteroatoms. The Kier molecular flexibility index (Phi) is 12.3. The van der Waals surface area contributed by atoms with Crippen LogP contribution in [0.1, 0.15) is 109 Å². The third kappa shape index (κ3) is 9.26. The highest BCUT2D eigenvalue weighted by atomic mass is 19.1. The average molecular weight is 497 g/mol. The largest absolute Gasteiger partial charge is 0.494 e. The number of unbranched alkanes of at least 4 members (excludes halogenated alkanes) is 6. The van der Waals surface area contributed by atoms with Gasteiger partial charge in [-0.15, -0.1) is 0 Å². The molecule has 1 saturated carbocycles. The number of hydrogen-bond acceptors (Lipinski definition) is 3. The van der Waals surface area contributed by atoms with Crippen molar-refractivity contribution in [2.45, 2.75) is 116 Å². The van der Waals surface area contributed by atoms with Crippen LogP contribution in [-0.2, 0) is 9.53 Å². The second-order valence-corrected chi connectivity index (χ2v) is 10.3. The third-order valence-electron chi connectivity index (χ3n) is 7.36. The standard InChI is InChI=1S/C32H45FO3/c1-3-5-7-8-9-10-24-35-29-20-16-27(17-21-29)25-12-14-26(15-13-25)28-18-22-30(23-19-28)36-32(34)31(33)11-6-4-2/h12-17,20-21,28,30-31H,3-11,18-19,22-24H2,1-2H3/t28-,30-,31-/m0/s1. The Balaban J connectivity index is 1.40. The lowest BCUT2D eigenvalue weighted by Gasteiger charge is -2.29. The molecule has 0 heterocycles. The Labute approximate surface area is 217 Å². The molecular formula is C32H45FO3. The first-order chi connectivity index (χ1) is 17.6. The lowest BCUT2D eigenvalue weighted by molar-refractivity contribution is -0.157. The maximum absolute atomic E-state index is 13.9. The summed E-state index contributed by atoms with van der Waals surface area (Å²) in [6, 6.07) is 17.2. The van der Waals surface area contributed by atoms with Crippen molar-refractivity contribution in [2.24, 2.45) is 0 Å². The molecule has 1 fully saturated rings. The van der Waals surface area contributed by atoms with Crippen LogP contribution in [0.2, 0.25) is 0 Å². The zero-order chi connectivity index (χ0) is 25.6. The van der Waals surface area contributed by atoms with Gasteiger partial charge in [0.25, 0.3) is 0 Å². The molecular weight excluding hydrogens is 451 g/mol.